The first-order valence-corrected chi connectivity index (χ1v) is 23.5. The van der Waals surface area contributed by atoms with Crippen molar-refractivity contribution in [3.63, 3.8) is 0 Å². The Balaban J connectivity index is 0.796. The molecule has 3 nitrogen and oxygen atoms in total. The molecule has 13 rings (SSSR count). The number of nitrogens with zero attached hydrogens (tertiary/aromatic N) is 2. The van der Waals surface area contributed by atoms with Crippen LogP contribution in [-0.4, -0.2) is 9.97 Å². The van der Waals surface area contributed by atoms with Crippen molar-refractivity contribution in [1.29, 1.82) is 0 Å². The quantitative estimate of drug-likeness (QED) is 0.173. The smallest absolute Gasteiger partial charge is 0.160 e. The van der Waals surface area contributed by atoms with Crippen LogP contribution in [0.25, 0.3) is 72.4 Å². The molecule has 1 saturated carbocycles. The van der Waals surface area contributed by atoms with Crippen LogP contribution in [0, 0.1) is 5.92 Å². The summed E-state index contributed by atoms with van der Waals surface area (Å²) in [5.74, 6) is 1.41. The number of aromatic nitrogens is 2. The minimum Gasteiger partial charge on any atom is -0.456 e. The van der Waals surface area contributed by atoms with E-state index in [0.29, 0.717) is 11.8 Å². The van der Waals surface area contributed by atoms with Gasteiger partial charge >= 0.3 is 0 Å². The molecular weight excluding hydrogens is 777 g/mol. The molecular formula is C61H50N2O. The van der Waals surface area contributed by atoms with Gasteiger partial charge in [0.15, 0.2) is 5.82 Å². The molecule has 0 saturated heterocycles. The highest BCUT2D eigenvalue weighted by Crippen LogP contribution is 2.60. The van der Waals surface area contributed by atoms with E-state index in [1.165, 1.54) is 76.6 Å². The van der Waals surface area contributed by atoms with E-state index in [4.69, 9.17) is 14.4 Å². The SMILES string of the molecule is CC1(C)c2ccccc2-c2cc3c(cc21)-c1cc(C2C=CC=C(C4C=CC(c5cc(-c6ccc7c(c6)oc6ccccc67)nc(-c6ccccc6)n5)=CC4)C2)ccc1C31CCCCC1. The summed E-state index contributed by atoms with van der Waals surface area (Å²) in [6, 6.07) is 49.1. The highest BCUT2D eigenvalue weighted by Gasteiger charge is 2.46. The van der Waals surface area contributed by atoms with Gasteiger partial charge in [0, 0.05) is 44.6 Å². The van der Waals surface area contributed by atoms with E-state index in [-0.39, 0.29) is 10.8 Å². The fourth-order valence-electron chi connectivity index (χ4n) is 12.3. The number of para-hydroxylation sites is 1. The molecule has 2 heterocycles. The maximum absolute atomic E-state index is 6.29. The molecule has 5 aliphatic carbocycles. The second-order valence-corrected chi connectivity index (χ2v) is 19.5. The predicted molar refractivity (Wildman–Crippen MR) is 263 cm³/mol. The Morgan fingerprint density at radius 1 is 0.562 bits per heavy atom. The summed E-state index contributed by atoms with van der Waals surface area (Å²) in [5, 5.41) is 2.24. The van der Waals surface area contributed by atoms with E-state index in [0.717, 1.165) is 68.7 Å². The summed E-state index contributed by atoms with van der Waals surface area (Å²) in [4.78, 5) is 10.3. The molecule has 3 heteroatoms. The highest BCUT2D eigenvalue weighted by molar-refractivity contribution is 6.05. The topological polar surface area (TPSA) is 38.9 Å². The maximum atomic E-state index is 6.29. The van der Waals surface area contributed by atoms with Gasteiger partial charge in [0.25, 0.3) is 0 Å². The van der Waals surface area contributed by atoms with Crippen LogP contribution in [0.4, 0.5) is 0 Å². The molecule has 1 spiro atoms. The van der Waals surface area contributed by atoms with E-state index in [1.54, 1.807) is 11.1 Å². The van der Waals surface area contributed by atoms with E-state index >= 15 is 0 Å². The van der Waals surface area contributed by atoms with E-state index < -0.39 is 0 Å². The number of furan rings is 1. The first kappa shape index (κ1) is 37.7. The van der Waals surface area contributed by atoms with Gasteiger partial charge in [0.05, 0.1) is 11.4 Å². The Hall–Kier alpha value is -6.84. The van der Waals surface area contributed by atoms with Crippen LogP contribution in [-0.2, 0) is 10.8 Å². The average molecular weight is 827 g/mol. The predicted octanol–water partition coefficient (Wildman–Crippen LogP) is 15.9. The van der Waals surface area contributed by atoms with Gasteiger partial charge in [-0.1, -0.05) is 172 Å². The van der Waals surface area contributed by atoms with Crippen LogP contribution in [0.5, 0.6) is 0 Å². The van der Waals surface area contributed by atoms with Gasteiger partial charge in [-0.25, -0.2) is 9.97 Å². The third-order valence-electron chi connectivity index (χ3n) is 15.6. The van der Waals surface area contributed by atoms with Gasteiger partial charge in [-0.05, 0) is 118 Å². The lowest BCUT2D eigenvalue weighted by Crippen LogP contribution is -2.28. The normalized spacial score (nSPS) is 19.9. The summed E-state index contributed by atoms with van der Waals surface area (Å²) in [5.41, 5.74) is 21.7. The maximum Gasteiger partial charge on any atom is 0.160 e. The Labute approximate surface area is 375 Å². The molecule has 2 atom stereocenters. The summed E-state index contributed by atoms with van der Waals surface area (Å²) < 4.78 is 6.29. The second kappa shape index (κ2) is 14.3. The van der Waals surface area contributed by atoms with Crippen LogP contribution >= 0.6 is 0 Å². The molecule has 64 heavy (non-hydrogen) atoms. The molecule has 2 aromatic heterocycles. The molecule has 2 unspecified atom stereocenters. The van der Waals surface area contributed by atoms with Gasteiger partial charge in [-0.15, -0.1) is 0 Å². The van der Waals surface area contributed by atoms with Crippen LogP contribution in [0.3, 0.4) is 0 Å². The molecule has 8 aromatic rings. The molecule has 0 amide bonds. The molecule has 5 aliphatic rings. The van der Waals surface area contributed by atoms with Crippen molar-refractivity contribution < 1.29 is 4.42 Å². The Morgan fingerprint density at radius 3 is 2.20 bits per heavy atom. The lowest BCUT2D eigenvalue weighted by atomic mass is 9.67. The zero-order chi connectivity index (χ0) is 42.6. The van der Waals surface area contributed by atoms with Crippen molar-refractivity contribution in [2.75, 3.05) is 0 Å². The van der Waals surface area contributed by atoms with E-state index in [9.17, 15) is 0 Å². The number of benzene rings is 6. The molecule has 0 radical (unpaired) electrons. The Bertz CT molecular complexity index is 3350. The van der Waals surface area contributed by atoms with Crippen molar-refractivity contribution in [2.24, 2.45) is 5.92 Å². The molecule has 1 fully saturated rings. The summed E-state index contributed by atoms with van der Waals surface area (Å²) in [6.45, 7) is 4.84. The van der Waals surface area contributed by atoms with Gasteiger partial charge in [0.2, 0.25) is 0 Å². The summed E-state index contributed by atoms with van der Waals surface area (Å²) in [6.07, 6.45) is 22.6. The average Bonchev–Trinajstić information content (AvgIpc) is 3.93. The third-order valence-corrected chi connectivity index (χ3v) is 15.6. The number of hydrogen-bond acceptors (Lipinski definition) is 3. The first-order chi connectivity index (χ1) is 31.4. The molecule has 6 aromatic carbocycles. The molecule has 0 bridgehead atoms. The molecule has 310 valence electrons. The van der Waals surface area contributed by atoms with Gasteiger partial charge in [-0.2, -0.15) is 0 Å². The molecule has 0 N–H and O–H groups in total. The lowest BCUT2D eigenvalue weighted by Gasteiger charge is -2.36. The fourth-order valence-corrected chi connectivity index (χ4v) is 12.3. The fraction of sp³-hybridized carbons (Fsp3) is 0.213. The number of fused-ring (bicyclic) bond motifs is 11. The van der Waals surface area contributed by atoms with Crippen LogP contribution in [0.1, 0.15) is 98.2 Å². The number of hydrogen-bond donors (Lipinski definition) is 0. The zero-order valence-corrected chi connectivity index (χ0v) is 36.6. The van der Waals surface area contributed by atoms with Gasteiger partial charge in [-0.3, -0.25) is 0 Å². The summed E-state index contributed by atoms with van der Waals surface area (Å²) in [7, 11) is 0. The largest absolute Gasteiger partial charge is 0.456 e. The summed E-state index contributed by atoms with van der Waals surface area (Å²) >= 11 is 0. The number of rotatable bonds is 5. The van der Waals surface area contributed by atoms with E-state index in [2.05, 4.69) is 166 Å². The van der Waals surface area contributed by atoms with Crippen molar-refractivity contribution in [3.05, 3.63) is 209 Å². The zero-order valence-electron chi connectivity index (χ0n) is 36.6. The molecule has 0 aliphatic heterocycles. The standard InChI is InChI=1S/C61H50N2O/c1-60(2)51-20-9-7-18-45(51)49-36-54-50(35-53(49)60)48-33-43(27-29-52(48)61(54)30-11-4-12-31-61)42-17-13-16-41(32-42)38-22-24-39(25-23-38)55-37-56(63-59(62-55)40-14-5-3-6-15-40)44-26-28-47-46-19-8-10-21-57(46)64-58(47)34-44/h3,5-10,13-22,24-29,33-38,42H,4,11-12,23,30-32H2,1-2H3. The Kier molecular flexibility index (Phi) is 8.45. The van der Waals surface area contributed by atoms with Crippen LogP contribution in [0.15, 0.2) is 180 Å². The second-order valence-electron chi connectivity index (χ2n) is 19.5. The van der Waals surface area contributed by atoms with Crippen molar-refractivity contribution in [1.82, 2.24) is 9.97 Å². The highest BCUT2D eigenvalue weighted by atomic mass is 16.3. The van der Waals surface area contributed by atoms with Gasteiger partial charge in [0.1, 0.15) is 11.2 Å². The Morgan fingerprint density at radius 2 is 1.33 bits per heavy atom. The first-order valence-electron chi connectivity index (χ1n) is 23.5. The van der Waals surface area contributed by atoms with Crippen molar-refractivity contribution >= 4 is 27.5 Å². The van der Waals surface area contributed by atoms with Gasteiger partial charge < -0.3 is 4.42 Å². The minimum absolute atomic E-state index is 0.0141. The monoisotopic (exact) mass is 826 g/mol. The van der Waals surface area contributed by atoms with Crippen LogP contribution in [0.2, 0.25) is 0 Å². The lowest BCUT2D eigenvalue weighted by molar-refractivity contribution is 0.353. The van der Waals surface area contributed by atoms with E-state index in [1.807, 2.05) is 18.2 Å². The third kappa shape index (κ3) is 5.79. The van der Waals surface area contributed by atoms with Crippen LogP contribution < -0.4 is 0 Å². The number of allylic oxidation sites excluding steroid dienone is 8. The minimum atomic E-state index is -0.0141. The van der Waals surface area contributed by atoms with Crippen molar-refractivity contribution in [3.8, 4) is 44.9 Å². The van der Waals surface area contributed by atoms with Crippen molar-refractivity contribution in [2.45, 2.75) is 75.5 Å².